The first-order valence-corrected chi connectivity index (χ1v) is 7.44. The largest absolute Gasteiger partial charge is 0.463 e. The van der Waals surface area contributed by atoms with Crippen LogP contribution in [0.1, 0.15) is 27.7 Å². The van der Waals surface area contributed by atoms with Gasteiger partial charge in [0.05, 0.1) is 26.4 Å². The third-order valence-electron chi connectivity index (χ3n) is 1.86. The van der Waals surface area contributed by atoms with E-state index in [4.69, 9.17) is 0 Å². The molecule has 0 heterocycles. The van der Waals surface area contributed by atoms with E-state index in [2.05, 4.69) is 18.9 Å². The quantitative estimate of drug-likeness (QED) is 0.369. The van der Waals surface area contributed by atoms with Crippen molar-refractivity contribution >= 4 is 23.9 Å². The first kappa shape index (κ1) is 23.6. The lowest BCUT2D eigenvalue weighted by molar-refractivity contribution is -0.140. The van der Waals surface area contributed by atoms with Crippen LogP contribution >= 0.6 is 0 Å². The maximum atomic E-state index is 10.6. The van der Waals surface area contributed by atoms with Crippen molar-refractivity contribution in [1.82, 2.24) is 0 Å². The van der Waals surface area contributed by atoms with Gasteiger partial charge in [-0.25, -0.2) is 19.2 Å². The van der Waals surface area contributed by atoms with Gasteiger partial charge in [0.25, 0.3) is 0 Å². The number of carbonyl (C=O) groups excluding carboxylic acids is 4. The van der Waals surface area contributed by atoms with E-state index >= 15 is 0 Å². The van der Waals surface area contributed by atoms with Gasteiger partial charge in [0.1, 0.15) is 0 Å². The van der Waals surface area contributed by atoms with Gasteiger partial charge in [-0.15, -0.1) is 0 Å². The normalized spacial score (nSPS) is 9.83. The second-order valence-electron chi connectivity index (χ2n) is 3.67. The molecular formula is C16H24O8. The first-order valence-electron chi connectivity index (χ1n) is 7.44. The highest BCUT2D eigenvalue weighted by Crippen LogP contribution is 1.85. The number of hydrogen-bond donors (Lipinski definition) is 0. The number of esters is 4. The molecule has 136 valence electrons. The molecule has 8 nitrogen and oxygen atoms in total. The SMILES string of the molecule is CCOC(=O)C=CC(=O)OCC.CCOC(=O)C=CC(=O)OCC. The van der Waals surface area contributed by atoms with Gasteiger partial charge in [0.15, 0.2) is 0 Å². The second-order valence-corrected chi connectivity index (χ2v) is 3.67. The summed E-state index contributed by atoms with van der Waals surface area (Å²) in [6, 6.07) is 0. The van der Waals surface area contributed by atoms with Crippen LogP contribution in [-0.4, -0.2) is 50.3 Å². The molecule has 24 heavy (non-hydrogen) atoms. The molecule has 0 aromatic rings. The van der Waals surface area contributed by atoms with Crippen LogP contribution in [0.5, 0.6) is 0 Å². The molecule has 0 saturated carbocycles. The summed E-state index contributed by atoms with van der Waals surface area (Å²) in [6.07, 6.45) is 4.17. The van der Waals surface area contributed by atoms with Crippen molar-refractivity contribution in [3.63, 3.8) is 0 Å². The van der Waals surface area contributed by atoms with Crippen molar-refractivity contribution in [1.29, 1.82) is 0 Å². The summed E-state index contributed by atoms with van der Waals surface area (Å²) in [5, 5.41) is 0. The van der Waals surface area contributed by atoms with Gasteiger partial charge >= 0.3 is 23.9 Å². The predicted molar refractivity (Wildman–Crippen MR) is 84.8 cm³/mol. The smallest absolute Gasteiger partial charge is 0.330 e. The molecule has 0 saturated heterocycles. The molecule has 0 aromatic heterocycles. The van der Waals surface area contributed by atoms with Crippen LogP contribution in [0, 0.1) is 0 Å². The molecule has 0 aromatic carbocycles. The minimum absolute atomic E-state index is 0.298. The van der Waals surface area contributed by atoms with E-state index in [0.717, 1.165) is 24.3 Å². The van der Waals surface area contributed by atoms with Crippen LogP contribution in [0.4, 0.5) is 0 Å². The molecule has 0 bridgehead atoms. The number of ether oxygens (including phenoxy) is 4. The lowest BCUT2D eigenvalue weighted by Crippen LogP contribution is -2.03. The van der Waals surface area contributed by atoms with E-state index in [9.17, 15) is 19.2 Å². The topological polar surface area (TPSA) is 105 Å². The van der Waals surface area contributed by atoms with Gasteiger partial charge < -0.3 is 18.9 Å². The minimum Gasteiger partial charge on any atom is -0.463 e. The highest BCUT2D eigenvalue weighted by molar-refractivity contribution is 5.92. The van der Waals surface area contributed by atoms with Crippen molar-refractivity contribution in [3.05, 3.63) is 24.3 Å². The summed E-state index contributed by atoms with van der Waals surface area (Å²) in [6.45, 7) is 7.95. The molecule has 0 fully saturated rings. The van der Waals surface area contributed by atoms with E-state index in [-0.39, 0.29) is 0 Å². The van der Waals surface area contributed by atoms with E-state index in [1.165, 1.54) is 0 Å². The third kappa shape index (κ3) is 17.4. The second kappa shape index (κ2) is 16.7. The summed E-state index contributed by atoms with van der Waals surface area (Å²) in [4.78, 5) is 42.5. The molecule has 0 rings (SSSR count). The Hall–Kier alpha value is -2.64. The van der Waals surface area contributed by atoms with Gasteiger partial charge in [0.2, 0.25) is 0 Å². The fourth-order valence-electron chi connectivity index (χ4n) is 1.03. The van der Waals surface area contributed by atoms with Gasteiger partial charge in [-0.2, -0.15) is 0 Å². The third-order valence-corrected chi connectivity index (χ3v) is 1.86. The summed E-state index contributed by atoms with van der Waals surface area (Å²) >= 11 is 0. The van der Waals surface area contributed by atoms with Crippen molar-refractivity contribution in [2.24, 2.45) is 0 Å². The zero-order valence-corrected chi connectivity index (χ0v) is 14.4. The van der Waals surface area contributed by atoms with Crippen LogP contribution in [-0.2, 0) is 38.1 Å². The molecule has 0 atom stereocenters. The van der Waals surface area contributed by atoms with E-state index in [1.807, 2.05) is 0 Å². The zero-order chi connectivity index (χ0) is 18.8. The molecule has 8 heteroatoms. The van der Waals surface area contributed by atoms with Crippen molar-refractivity contribution in [2.75, 3.05) is 26.4 Å². The number of rotatable bonds is 8. The maximum Gasteiger partial charge on any atom is 0.330 e. The van der Waals surface area contributed by atoms with Crippen LogP contribution in [0.15, 0.2) is 24.3 Å². The summed E-state index contributed by atoms with van der Waals surface area (Å²) < 4.78 is 18.1. The molecule has 0 aliphatic carbocycles. The molecule has 0 spiro atoms. The Balaban J connectivity index is 0. The number of carbonyl (C=O) groups is 4. The van der Waals surface area contributed by atoms with E-state index in [0.29, 0.717) is 26.4 Å². The Labute approximate surface area is 141 Å². The Bertz CT molecular complexity index is 369. The molecule has 0 radical (unpaired) electrons. The fraction of sp³-hybridized carbons (Fsp3) is 0.500. The fourth-order valence-corrected chi connectivity index (χ4v) is 1.03. The summed E-state index contributed by atoms with van der Waals surface area (Å²) in [5.74, 6) is -2.15. The van der Waals surface area contributed by atoms with Gasteiger partial charge in [0, 0.05) is 24.3 Å². The van der Waals surface area contributed by atoms with Crippen LogP contribution < -0.4 is 0 Å². The predicted octanol–water partition coefficient (Wildman–Crippen LogP) is 1.34. The average Bonchev–Trinajstić information content (AvgIpc) is 2.53. The lowest BCUT2D eigenvalue weighted by Gasteiger charge is -1.95. The van der Waals surface area contributed by atoms with Crippen LogP contribution in [0.2, 0.25) is 0 Å². The van der Waals surface area contributed by atoms with Crippen LogP contribution in [0.25, 0.3) is 0 Å². The van der Waals surface area contributed by atoms with Crippen molar-refractivity contribution < 1.29 is 38.1 Å². The van der Waals surface area contributed by atoms with E-state index in [1.54, 1.807) is 27.7 Å². The van der Waals surface area contributed by atoms with E-state index < -0.39 is 23.9 Å². The minimum atomic E-state index is -0.537. The Kier molecular flexibility index (Phi) is 16.5. The van der Waals surface area contributed by atoms with Gasteiger partial charge in [-0.1, -0.05) is 0 Å². The lowest BCUT2D eigenvalue weighted by atomic mass is 10.5. The number of hydrogen-bond acceptors (Lipinski definition) is 8. The Morgan fingerprint density at radius 2 is 0.667 bits per heavy atom. The molecule has 0 amide bonds. The Morgan fingerprint density at radius 1 is 0.500 bits per heavy atom. The first-order chi connectivity index (χ1) is 11.4. The summed E-state index contributed by atoms with van der Waals surface area (Å²) in [5.41, 5.74) is 0. The molecular weight excluding hydrogens is 320 g/mol. The summed E-state index contributed by atoms with van der Waals surface area (Å²) in [7, 11) is 0. The highest BCUT2D eigenvalue weighted by atomic mass is 16.5. The molecule has 0 N–H and O–H groups in total. The van der Waals surface area contributed by atoms with Crippen molar-refractivity contribution in [2.45, 2.75) is 27.7 Å². The average molecular weight is 344 g/mol. The monoisotopic (exact) mass is 344 g/mol. The molecule has 0 aliphatic heterocycles. The van der Waals surface area contributed by atoms with Gasteiger partial charge in [-0.3, -0.25) is 0 Å². The molecule has 0 aliphatic rings. The molecule has 0 unspecified atom stereocenters. The van der Waals surface area contributed by atoms with Crippen LogP contribution in [0.3, 0.4) is 0 Å². The highest BCUT2D eigenvalue weighted by Gasteiger charge is 1.98. The standard InChI is InChI=1S/2C8H12O4/c2*1-3-11-7(9)5-6-8(10)12-4-2/h2*5-6H,3-4H2,1-2H3. The zero-order valence-electron chi connectivity index (χ0n) is 14.4. The van der Waals surface area contributed by atoms with Gasteiger partial charge in [-0.05, 0) is 27.7 Å². The Morgan fingerprint density at radius 3 is 0.792 bits per heavy atom. The maximum absolute atomic E-state index is 10.6. The van der Waals surface area contributed by atoms with Crippen molar-refractivity contribution in [3.8, 4) is 0 Å².